The first-order valence-electron chi connectivity index (χ1n) is 5.70. The van der Waals surface area contributed by atoms with Crippen LogP contribution >= 0.6 is 0 Å². The number of furan rings is 1. The van der Waals surface area contributed by atoms with Crippen LogP contribution in [0.2, 0.25) is 0 Å². The average Bonchev–Trinajstić information content (AvgIpc) is 2.60. The Bertz CT molecular complexity index is 399. The second-order valence-electron chi connectivity index (χ2n) is 5.54. The molecular formula is C13H21NO3. The third-order valence-corrected chi connectivity index (χ3v) is 2.65. The lowest BCUT2D eigenvalue weighted by Gasteiger charge is -2.25. The number of amides is 1. The molecule has 4 nitrogen and oxygen atoms in total. The molecule has 0 radical (unpaired) electrons. The first kappa shape index (κ1) is 13.8. The summed E-state index contributed by atoms with van der Waals surface area (Å²) in [5.74, 6) is 1.29. The van der Waals surface area contributed by atoms with Crippen LogP contribution in [0.3, 0.4) is 0 Å². The Morgan fingerprint density at radius 2 is 1.94 bits per heavy atom. The molecule has 0 aliphatic carbocycles. The van der Waals surface area contributed by atoms with Crippen molar-refractivity contribution in [3.05, 3.63) is 23.7 Å². The number of hydrogen-bond acceptors (Lipinski definition) is 3. The van der Waals surface area contributed by atoms with Crippen LogP contribution in [0.5, 0.6) is 0 Å². The Morgan fingerprint density at radius 3 is 2.35 bits per heavy atom. The fraction of sp³-hybridized carbons (Fsp3) is 0.615. The van der Waals surface area contributed by atoms with Gasteiger partial charge in [-0.2, -0.15) is 0 Å². The van der Waals surface area contributed by atoms with Crippen LogP contribution < -0.4 is 5.32 Å². The van der Waals surface area contributed by atoms with Crippen LogP contribution in [-0.2, 0) is 10.2 Å². The van der Waals surface area contributed by atoms with Gasteiger partial charge in [0.05, 0.1) is 0 Å². The van der Waals surface area contributed by atoms with Gasteiger partial charge in [-0.15, -0.1) is 0 Å². The highest BCUT2D eigenvalue weighted by atomic mass is 16.3. The second kappa shape index (κ2) is 4.53. The molecule has 2 N–H and O–H groups in total. The Hall–Kier alpha value is -1.29. The molecule has 0 aliphatic heterocycles. The maximum Gasteiger partial charge on any atom is 0.251 e. The zero-order chi connectivity index (χ0) is 13.3. The molecule has 0 fully saturated rings. The Balaban J connectivity index is 2.65. The van der Waals surface area contributed by atoms with Crippen molar-refractivity contribution in [2.24, 2.45) is 0 Å². The summed E-state index contributed by atoms with van der Waals surface area (Å²) in [6.07, 6.45) is 0. The van der Waals surface area contributed by atoms with Crippen molar-refractivity contribution < 1.29 is 14.3 Å². The van der Waals surface area contributed by atoms with Gasteiger partial charge in [0.25, 0.3) is 5.91 Å². The SMILES string of the molecule is Cc1ccc(C(C)(C)CNC(=O)C(C)(C)O)o1. The van der Waals surface area contributed by atoms with E-state index in [0.717, 1.165) is 11.5 Å². The summed E-state index contributed by atoms with van der Waals surface area (Å²) >= 11 is 0. The van der Waals surface area contributed by atoms with Crippen LogP contribution in [0.1, 0.15) is 39.2 Å². The van der Waals surface area contributed by atoms with E-state index in [1.165, 1.54) is 13.8 Å². The fourth-order valence-corrected chi connectivity index (χ4v) is 1.40. The van der Waals surface area contributed by atoms with Gasteiger partial charge in [0.15, 0.2) is 0 Å². The van der Waals surface area contributed by atoms with Crippen molar-refractivity contribution in [2.45, 2.75) is 45.6 Å². The third kappa shape index (κ3) is 3.60. The van der Waals surface area contributed by atoms with Crippen molar-refractivity contribution >= 4 is 5.91 Å². The molecule has 0 spiro atoms. The van der Waals surface area contributed by atoms with Crippen LogP contribution in [0, 0.1) is 6.92 Å². The molecule has 1 aromatic rings. The zero-order valence-electron chi connectivity index (χ0n) is 11.1. The number of aryl methyl sites for hydroxylation is 1. The molecule has 0 bridgehead atoms. The minimum absolute atomic E-state index is 0.296. The Kier molecular flexibility index (Phi) is 3.67. The summed E-state index contributed by atoms with van der Waals surface area (Å²) < 4.78 is 5.55. The van der Waals surface area contributed by atoms with Gasteiger partial charge in [-0.3, -0.25) is 4.79 Å². The molecule has 0 aliphatic rings. The predicted octanol–water partition coefficient (Wildman–Crippen LogP) is 1.75. The largest absolute Gasteiger partial charge is 0.466 e. The highest BCUT2D eigenvalue weighted by molar-refractivity contribution is 5.83. The summed E-state index contributed by atoms with van der Waals surface area (Å²) in [5.41, 5.74) is -1.65. The first-order chi connectivity index (χ1) is 7.63. The summed E-state index contributed by atoms with van der Waals surface area (Å²) in [5, 5.41) is 12.2. The van der Waals surface area contributed by atoms with Gasteiger partial charge in [0.1, 0.15) is 17.1 Å². The second-order valence-corrected chi connectivity index (χ2v) is 5.54. The normalized spacial score (nSPS) is 12.6. The summed E-state index contributed by atoms with van der Waals surface area (Å²) in [4.78, 5) is 11.6. The van der Waals surface area contributed by atoms with E-state index >= 15 is 0 Å². The van der Waals surface area contributed by atoms with E-state index in [4.69, 9.17) is 4.42 Å². The number of rotatable bonds is 4. The molecule has 0 unspecified atom stereocenters. The third-order valence-electron chi connectivity index (χ3n) is 2.65. The van der Waals surface area contributed by atoms with Crippen molar-refractivity contribution in [3.8, 4) is 0 Å². The molecule has 0 aromatic carbocycles. The predicted molar refractivity (Wildman–Crippen MR) is 65.8 cm³/mol. The van der Waals surface area contributed by atoms with E-state index in [1.54, 1.807) is 0 Å². The monoisotopic (exact) mass is 239 g/mol. The molecule has 1 amide bonds. The maximum absolute atomic E-state index is 11.6. The van der Waals surface area contributed by atoms with Crippen LogP contribution in [-0.4, -0.2) is 23.2 Å². The molecule has 4 heteroatoms. The van der Waals surface area contributed by atoms with Crippen molar-refractivity contribution in [1.82, 2.24) is 5.32 Å². The molecule has 1 heterocycles. The first-order valence-corrected chi connectivity index (χ1v) is 5.70. The van der Waals surface area contributed by atoms with Gasteiger partial charge >= 0.3 is 0 Å². The van der Waals surface area contributed by atoms with Gasteiger partial charge in [-0.25, -0.2) is 0 Å². The van der Waals surface area contributed by atoms with Gasteiger partial charge in [-0.1, -0.05) is 13.8 Å². The highest BCUT2D eigenvalue weighted by Gasteiger charge is 2.29. The van der Waals surface area contributed by atoms with E-state index in [2.05, 4.69) is 5.32 Å². The smallest absolute Gasteiger partial charge is 0.251 e. The maximum atomic E-state index is 11.6. The molecule has 1 rings (SSSR count). The van der Waals surface area contributed by atoms with E-state index in [-0.39, 0.29) is 11.3 Å². The molecular weight excluding hydrogens is 218 g/mol. The summed E-state index contributed by atoms with van der Waals surface area (Å²) in [6, 6.07) is 3.81. The van der Waals surface area contributed by atoms with Crippen molar-refractivity contribution in [3.63, 3.8) is 0 Å². The van der Waals surface area contributed by atoms with Gasteiger partial charge in [0.2, 0.25) is 0 Å². The number of carbonyl (C=O) groups is 1. The van der Waals surface area contributed by atoms with Crippen LogP contribution in [0.25, 0.3) is 0 Å². The quantitative estimate of drug-likeness (QED) is 0.841. The fourth-order valence-electron chi connectivity index (χ4n) is 1.40. The van der Waals surface area contributed by atoms with E-state index in [1.807, 2.05) is 32.9 Å². The van der Waals surface area contributed by atoms with Gasteiger partial charge in [0, 0.05) is 12.0 Å². The molecule has 96 valence electrons. The zero-order valence-corrected chi connectivity index (χ0v) is 11.1. The molecule has 17 heavy (non-hydrogen) atoms. The van der Waals surface area contributed by atoms with Crippen molar-refractivity contribution in [2.75, 3.05) is 6.54 Å². The minimum Gasteiger partial charge on any atom is -0.466 e. The molecule has 0 atom stereocenters. The lowest BCUT2D eigenvalue weighted by Crippen LogP contribution is -2.46. The summed E-state index contributed by atoms with van der Waals surface area (Å²) in [7, 11) is 0. The molecule has 0 saturated heterocycles. The Labute approximate surface area is 102 Å². The summed E-state index contributed by atoms with van der Waals surface area (Å²) in [6.45, 7) is 9.20. The molecule has 1 aromatic heterocycles. The average molecular weight is 239 g/mol. The number of aliphatic hydroxyl groups is 1. The lowest BCUT2D eigenvalue weighted by atomic mass is 9.90. The van der Waals surface area contributed by atoms with Crippen LogP contribution in [0.15, 0.2) is 16.5 Å². The van der Waals surface area contributed by atoms with Gasteiger partial charge in [-0.05, 0) is 32.9 Å². The number of carbonyl (C=O) groups excluding carboxylic acids is 1. The van der Waals surface area contributed by atoms with Crippen molar-refractivity contribution in [1.29, 1.82) is 0 Å². The minimum atomic E-state index is -1.35. The van der Waals surface area contributed by atoms with E-state index in [9.17, 15) is 9.90 Å². The standard InChI is InChI=1S/C13H21NO3/c1-9-6-7-10(17-9)12(2,3)8-14-11(15)13(4,5)16/h6-7,16H,8H2,1-5H3,(H,14,15). The highest BCUT2D eigenvalue weighted by Crippen LogP contribution is 2.24. The lowest BCUT2D eigenvalue weighted by molar-refractivity contribution is -0.136. The number of hydrogen-bond donors (Lipinski definition) is 2. The van der Waals surface area contributed by atoms with E-state index < -0.39 is 5.60 Å². The topological polar surface area (TPSA) is 62.5 Å². The van der Waals surface area contributed by atoms with Gasteiger partial charge < -0.3 is 14.8 Å². The van der Waals surface area contributed by atoms with Crippen LogP contribution in [0.4, 0.5) is 0 Å². The molecule has 0 saturated carbocycles. The Morgan fingerprint density at radius 1 is 1.35 bits per heavy atom. The number of nitrogens with one attached hydrogen (secondary N) is 1. The van der Waals surface area contributed by atoms with E-state index in [0.29, 0.717) is 6.54 Å².